The van der Waals surface area contributed by atoms with E-state index in [1.807, 2.05) is 0 Å². The third-order valence-corrected chi connectivity index (χ3v) is 5.33. The van der Waals surface area contributed by atoms with E-state index in [9.17, 15) is 26.4 Å². The number of carbonyl (C=O) groups is 1. The van der Waals surface area contributed by atoms with E-state index in [2.05, 4.69) is 5.10 Å². The highest BCUT2D eigenvalue weighted by atomic mass is 32.2. The molecule has 0 amide bonds. The predicted octanol–water partition coefficient (Wildman–Crippen LogP) is 2.35. The Morgan fingerprint density at radius 3 is 2.34 bits per heavy atom. The first-order valence-electron chi connectivity index (χ1n) is 7.76. The molecule has 0 radical (unpaired) electrons. The molecule has 3 aromatic rings. The van der Waals surface area contributed by atoms with Crippen LogP contribution in [0.1, 0.15) is 10.4 Å². The summed E-state index contributed by atoms with van der Waals surface area (Å²) in [6.07, 6.45) is 0. The van der Waals surface area contributed by atoms with E-state index >= 15 is 0 Å². The van der Waals surface area contributed by atoms with E-state index in [-0.39, 0.29) is 4.90 Å². The summed E-state index contributed by atoms with van der Waals surface area (Å²) in [6.45, 7) is 0. The normalized spacial score (nSPS) is 11.3. The number of hydrogen-bond donors (Lipinski definition) is 1. The topological polar surface area (TPSA) is 114 Å². The number of aromatic nitrogens is 2. The lowest BCUT2D eigenvalue weighted by atomic mass is 10.2. The minimum absolute atomic E-state index is 0.183. The van der Waals surface area contributed by atoms with Crippen LogP contribution in [0.3, 0.4) is 0 Å². The Morgan fingerprint density at radius 2 is 1.72 bits per heavy atom. The standard InChI is InChI=1S/C17H12F3N3O5S/c1-27-9-2-4-10(5-3-9)29(25,26)23-13(21)8-14(22-23)28-17(24)11-6-7-12(18)16(20)15(11)19/h2-8H,21H2,1H3. The Hall–Kier alpha value is -3.54. The molecule has 2 aromatic carbocycles. The SMILES string of the molecule is COc1ccc(S(=O)(=O)n2nc(OC(=O)c3ccc(F)c(F)c3F)cc2N)cc1. The summed E-state index contributed by atoms with van der Waals surface area (Å²) in [7, 11) is -2.84. The van der Waals surface area contributed by atoms with Gasteiger partial charge in [0.15, 0.2) is 17.5 Å². The van der Waals surface area contributed by atoms with Crippen LogP contribution >= 0.6 is 0 Å². The first-order valence-corrected chi connectivity index (χ1v) is 9.20. The lowest BCUT2D eigenvalue weighted by Crippen LogP contribution is -2.17. The highest BCUT2D eigenvalue weighted by molar-refractivity contribution is 7.90. The molecule has 1 heterocycles. The van der Waals surface area contributed by atoms with E-state index in [1.165, 1.54) is 31.4 Å². The number of rotatable bonds is 5. The number of methoxy groups -OCH3 is 1. The van der Waals surface area contributed by atoms with Gasteiger partial charge in [-0.2, -0.15) is 8.42 Å². The monoisotopic (exact) mass is 427 g/mol. The van der Waals surface area contributed by atoms with E-state index in [0.717, 1.165) is 6.07 Å². The highest BCUT2D eigenvalue weighted by Gasteiger charge is 2.25. The first kappa shape index (κ1) is 20.2. The van der Waals surface area contributed by atoms with Gasteiger partial charge in [0.1, 0.15) is 11.6 Å². The lowest BCUT2D eigenvalue weighted by molar-refractivity contribution is 0.0720. The molecule has 0 unspecified atom stereocenters. The first-order chi connectivity index (χ1) is 13.6. The largest absolute Gasteiger partial charge is 0.497 e. The molecule has 12 heteroatoms. The molecule has 0 bridgehead atoms. The van der Waals surface area contributed by atoms with Gasteiger partial charge in [0.25, 0.3) is 10.0 Å². The average molecular weight is 427 g/mol. The van der Waals surface area contributed by atoms with Crippen molar-refractivity contribution >= 4 is 21.8 Å². The number of nitrogens with two attached hydrogens (primary N) is 1. The van der Waals surface area contributed by atoms with Crippen molar-refractivity contribution < 1.29 is 35.9 Å². The molecule has 1 aromatic heterocycles. The number of hydrogen-bond acceptors (Lipinski definition) is 7. The molecule has 0 saturated carbocycles. The number of esters is 1. The van der Waals surface area contributed by atoms with Gasteiger partial charge in [-0.1, -0.05) is 0 Å². The molecular formula is C17H12F3N3O5S. The van der Waals surface area contributed by atoms with Crippen LogP contribution < -0.4 is 15.2 Å². The summed E-state index contributed by atoms with van der Waals surface area (Å²) in [6, 6.07) is 7.41. The fraction of sp³-hybridized carbons (Fsp3) is 0.0588. The van der Waals surface area contributed by atoms with Gasteiger partial charge in [-0.15, -0.1) is 9.19 Å². The second kappa shape index (κ2) is 7.47. The molecule has 152 valence electrons. The van der Waals surface area contributed by atoms with Crippen LogP contribution in [0.5, 0.6) is 11.6 Å². The third-order valence-electron chi connectivity index (χ3n) is 3.72. The van der Waals surface area contributed by atoms with Gasteiger partial charge in [-0.3, -0.25) is 0 Å². The maximum Gasteiger partial charge on any atom is 0.348 e. The molecule has 2 N–H and O–H groups in total. The fourth-order valence-corrected chi connectivity index (χ4v) is 3.48. The Labute approximate surface area is 162 Å². The Morgan fingerprint density at radius 1 is 1.07 bits per heavy atom. The lowest BCUT2D eigenvalue weighted by Gasteiger charge is -2.07. The molecule has 3 rings (SSSR count). The molecule has 0 aliphatic rings. The number of halogens is 3. The minimum atomic E-state index is -4.24. The number of nitrogens with zero attached hydrogens (tertiary/aromatic N) is 2. The van der Waals surface area contributed by atoms with Crippen LogP contribution in [-0.2, 0) is 10.0 Å². The van der Waals surface area contributed by atoms with Crippen LogP contribution in [0.4, 0.5) is 19.0 Å². The van der Waals surface area contributed by atoms with Crippen molar-refractivity contribution in [3.63, 3.8) is 0 Å². The number of anilines is 1. The van der Waals surface area contributed by atoms with Crippen LogP contribution in [0.25, 0.3) is 0 Å². The van der Waals surface area contributed by atoms with E-state index in [1.54, 1.807) is 0 Å². The second-order valence-electron chi connectivity index (χ2n) is 5.54. The molecule has 0 aliphatic carbocycles. The van der Waals surface area contributed by atoms with Crippen molar-refractivity contribution in [1.29, 1.82) is 0 Å². The van der Waals surface area contributed by atoms with Crippen molar-refractivity contribution in [1.82, 2.24) is 9.19 Å². The molecule has 0 aliphatic heterocycles. The van der Waals surface area contributed by atoms with Gasteiger partial charge in [0.2, 0.25) is 5.88 Å². The summed E-state index contributed by atoms with van der Waals surface area (Å²) in [5.74, 6) is -7.10. The van der Waals surface area contributed by atoms with Crippen LogP contribution in [0, 0.1) is 17.5 Å². The van der Waals surface area contributed by atoms with Crippen LogP contribution in [0.2, 0.25) is 0 Å². The Bertz CT molecular complexity index is 1190. The summed E-state index contributed by atoms with van der Waals surface area (Å²) in [5, 5.41) is 3.57. The Kier molecular flexibility index (Phi) is 5.20. The molecule has 29 heavy (non-hydrogen) atoms. The minimum Gasteiger partial charge on any atom is -0.497 e. The van der Waals surface area contributed by atoms with Crippen molar-refractivity contribution in [2.24, 2.45) is 0 Å². The number of benzene rings is 2. The maximum absolute atomic E-state index is 13.7. The van der Waals surface area contributed by atoms with Gasteiger partial charge in [0.05, 0.1) is 17.6 Å². The van der Waals surface area contributed by atoms with Crippen molar-refractivity contribution in [3.05, 3.63) is 65.5 Å². The molecule has 8 nitrogen and oxygen atoms in total. The van der Waals surface area contributed by atoms with E-state index < -0.39 is 50.7 Å². The van der Waals surface area contributed by atoms with Gasteiger partial charge in [-0.25, -0.2) is 18.0 Å². The highest BCUT2D eigenvalue weighted by Crippen LogP contribution is 2.24. The fourth-order valence-electron chi connectivity index (χ4n) is 2.28. The number of carbonyl (C=O) groups excluding carboxylic acids is 1. The summed E-state index contributed by atoms with van der Waals surface area (Å²) < 4.78 is 75.3. The summed E-state index contributed by atoms with van der Waals surface area (Å²) in [4.78, 5) is 11.8. The third kappa shape index (κ3) is 3.74. The van der Waals surface area contributed by atoms with E-state index in [0.29, 0.717) is 22.0 Å². The zero-order chi connectivity index (χ0) is 21.3. The summed E-state index contributed by atoms with van der Waals surface area (Å²) >= 11 is 0. The smallest absolute Gasteiger partial charge is 0.348 e. The van der Waals surface area contributed by atoms with Crippen LogP contribution in [0.15, 0.2) is 47.4 Å². The van der Waals surface area contributed by atoms with Crippen LogP contribution in [-0.4, -0.2) is 30.7 Å². The molecule has 0 saturated heterocycles. The van der Waals surface area contributed by atoms with Crippen molar-refractivity contribution in [3.8, 4) is 11.6 Å². The number of ether oxygens (including phenoxy) is 2. The second-order valence-corrected chi connectivity index (χ2v) is 7.31. The molecule has 0 spiro atoms. The van der Waals surface area contributed by atoms with Gasteiger partial charge in [0, 0.05) is 6.07 Å². The van der Waals surface area contributed by atoms with E-state index in [4.69, 9.17) is 15.2 Å². The van der Waals surface area contributed by atoms with Crippen molar-refractivity contribution in [2.45, 2.75) is 4.90 Å². The Balaban J connectivity index is 1.90. The zero-order valence-electron chi connectivity index (χ0n) is 14.6. The maximum atomic E-state index is 13.7. The summed E-state index contributed by atoms with van der Waals surface area (Å²) in [5.41, 5.74) is 4.72. The van der Waals surface area contributed by atoms with Crippen molar-refractivity contribution in [2.75, 3.05) is 12.8 Å². The molecule has 0 atom stereocenters. The van der Waals surface area contributed by atoms with Gasteiger partial charge in [-0.05, 0) is 36.4 Å². The van der Waals surface area contributed by atoms with Gasteiger partial charge >= 0.3 is 5.97 Å². The van der Waals surface area contributed by atoms with Gasteiger partial charge < -0.3 is 15.2 Å². The quantitative estimate of drug-likeness (QED) is 0.491. The average Bonchev–Trinajstić information content (AvgIpc) is 3.07. The molecular weight excluding hydrogens is 415 g/mol. The molecule has 0 fully saturated rings. The zero-order valence-corrected chi connectivity index (χ0v) is 15.4. The predicted molar refractivity (Wildman–Crippen MR) is 93.5 cm³/mol. The number of nitrogen functional groups attached to an aromatic ring is 1.